The molecule has 1 aromatic carbocycles. The highest BCUT2D eigenvalue weighted by molar-refractivity contribution is 6.42. The van der Waals surface area contributed by atoms with Crippen molar-refractivity contribution in [2.75, 3.05) is 6.61 Å². The monoisotopic (exact) mass is 273 g/mol. The second kappa shape index (κ2) is 7.41. The van der Waals surface area contributed by atoms with Gasteiger partial charge in [0.1, 0.15) is 0 Å². The highest BCUT2D eigenvalue weighted by Gasteiger charge is 2.10. The molecule has 0 radical (unpaired) electrons. The van der Waals surface area contributed by atoms with Crippen LogP contribution in [0.4, 0.5) is 0 Å². The van der Waals surface area contributed by atoms with E-state index in [1.807, 2.05) is 0 Å². The number of benzene rings is 1. The highest BCUT2D eigenvalue weighted by atomic mass is 35.5. The molecule has 0 bridgehead atoms. The lowest BCUT2D eigenvalue weighted by Gasteiger charge is -2.11. The normalized spacial score (nSPS) is 11.9. The molecule has 0 aliphatic carbocycles. The van der Waals surface area contributed by atoms with Crippen molar-refractivity contribution in [3.05, 3.63) is 44.3 Å². The molecule has 0 saturated carbocycles. The third-order valence-electron chi connectivity index (χ3n) is 2.41. The molecule has 1 unspecified atom stereocenters. The molecular formula is C11H13Cl2N3O. The van der Waals surface area contributed by atoms with E-state index in [0.717, 1.165) is 12.0 Å². The second-order valence-electron chi connectivity index (χ2n) is 3.61. The first-order chi connectivity index (χ1) is 8.19. The van der Waals surface area contributed by atoms with E-state index in [-0.39, 0.29) is 12.6 Å². The Morgan fingerprint density at radius 2 is 2.06 bits per heavy atom. The smallest absolute Gasteiger partial charge is 0.0625 e. The van der Waals surface area contributed by atoms with Gasteiger partial charge in [0.2, 0.25) is 0 Å². The minimum Gasteiger partial charge on any atom is -0.396 e. The van der Waals surface area contributed by atoms with Gasteiger partial charge in [0.25, 0.3) is 0 Å². The van der Waals surface area contributed by atoms with Gasteiger partial charge in [-0.3, -0.25) is 0 Å². The molecule has 0 heterocycles. The van der Waals surface area contributed by atoms with Gasteiger partial charge in [-0.25, -0.2) is 0 Å². The third-order valence-corrected chi connectivity index (χ3v) is 3.14. The molecule has 1 rings (SSSR count). The van der Waals surface area contributed by atoms with Crippen molar-refractivity contribution in [3.63, 3.8) is 0 Å². The summed E-state index contributed by atoms with van der Waals surface area (Å²) in [4.78, 5) is 2.83. The fourth-order valence-electron chi connectivity index (χ4n) is 1.52. The Bertz CT molecular complexity index is 419. The van der Waals surface area contributed by atoms with Crippen LogP contribution >= 0.6 is 23.2 Å². The van der Waals surface area contributed by atoms with Gasteiger partial charge in [-0.15, -0.1) is 0 Å². The first kappa shape index (κ1) is 14.1. The average Bonchev–Trinajstić information content (AvgIpc) is 2.32. The maximum absolute atomic E-state index is 8.72. The number of halogens is 2. The largest absolute Gasteiger partial charge is 0.396 e. The van der Waals surface area contributed by atoms with Gasteiger partial charge in [-0.1, -0.05) is 40.8 Å². The van der Waals surface area contributed by atoms with Gasteiger partial charge in [0.15, 0.2) is 0 Å². The minimum atomic E-state index is -0.263. The summed E-state index contributed by atoms with van der Waals surface area (Å²) in [6, 6.07) is 4.93. The van der Waals surface area contributed by atoms with E-state index >= 15 is 0 Å². The van der Waals surface area contributed by atoms with Gasteiger partial charge in [-0.2, -0.15) is 0 Å². The van der Waals surface area contributed by atoms with Crippen molar-refractivity contribution in [2.24, 2.45) is 5.11 Å². The highest BCUT2D eigenvalue weighted by Crippen LogP contribution is 2.29. The Kier molecular flexibility index (Phi) is 6.16. The lowest BCUT2D eigenvalue weighted by molar-refractivity contribution is 0.281. The molecule has 0 aliphatic rings. The number of hydrogen-bond acceptors (Lipinski definition) is 2. The van der Waals surface area contributed by atoms with Crippen LogP contribution in [0.15, 0.2) is 23.3 Å². The van der Waals surface area contributed by atoms with Crippen LogP contribution in [-0.4, -0.2) is 11.7 Å². The number of azide groups is 1. The van der Waals surface area contributed by atoms with Crippen molar-refractivity contribution >= 4 is 23.2 Å². The molecule has 0 amide bonds. The zero-order chi connectivity index (χ0) is 12.7. The van der Waals surface area contributed by atoms with Gasteiger partial charge >= 0.3 is 0 Å². The number of hydrogen-bond donors (Lipinski definition) is 1. The maximum Gasteiger partial charge on any atom is 0.0625 e. The maximum atomic E-state index is 8.72. The molecule has 6 heteroatoms. The molecule has 17 heavy (non-hydrogen) atoms. The second-order valence-corrected chi connectivity index (χ2v) is 4.43. The van der Waals surface area contributed by atoms with Crippen LogP contribution in [0.2, 0.25) is 10.0 Å². The zero-order valence-corrected chi connectivity index (χ0v) is 10.7. The lowest BCUT2D eigenvalue weighted by Crippen LogP contribution is -1.96. The Labute approximate surface area is 110 Å². The van der Waals surface area contributed by atoms with E-state index < -0.39 is 0 Å². The van der Waals surface area contributed by atoms with Crippen molar-refractivity contribution in [1.82, 2.24) is 0 Å². The fraction of sp³-hybridized carbons (Fsp3) is 0.455. The Hall–Kier alpha value is -0.930. The van der Waals surface area contributed by atoms with Crippen molar-refractivity contribution in [2.45, 2.75) is 25.3 Å². The molecular weight excluding hydrogens is 261 g/mol. The first-order valence-electron chi connectivity index (χ1n) is 5.29. The van der Waals surface area contributed by atoms with Crippen LogP contribution in [0.1, 0.15) is 30.9 Å². The van der Waals surface area contributed by atoms with E-state index in [1.54, 1.807) is 18.2 Å². The van der Waals surface area contributed by atoms with Crippen LogP contribution in [-0.2, 0) is 0 Å². The molecule has 4 nitrogen and oxygen atoms in total. The topological polar surface area (TPSA) is 69.0 Å². The summed E-state index contributed by atoms with van der Waals surface area (Å²) in [7, 11) is 0. The quantitative estimate of drug-likeness (QED) is 0.352. The number of aliphatic hydroxyl groups is 1. The van der Waals surface area contributed by atoms with E-state index in [2.05, 4.69) is 10.0 Å². The minimum absolute atomic E-state index is 0.143. The molecule has 0 saturated heterocycles. The summed E-state index contributed by atoms with van der Waals surface area (Å²) in [5.41, 5.74) is 9.37. The summed E-state index contributed by atoms with van der Waals surface area (Å²) in [6.07, 6.45) is 2.17. The van der Waals surface area contributed by atoms with Crippen LogP contribution < -0.4 is 0 Å². The van der Waals surface area contributed by atoms with E-state index in [4.69, 9.17) is 33.8 Å². The first-order valence-corrected chi connectivity index (χ1v) is 6.04. The van der Waals surface area contributed by atoms with Crippen LogP contribution in [0.3, 0.4) is 0 Å². The Morgan fingerprint density at radius 3 is 2.65 bits per heavy atom. The molecule has 0 fully saturated rings. The summed E-state index contributed by atoms with van der Waals surface area (Å²) >= 11 is 11.7. The fourth-order valence-corrected chi connectivity index (χ4v) is 1.83. The molecule has 0 spiro atoms. The molecule has 1 aromatic rings. The lowest BCUT2D eigenvalue weighted by atomic mass is 10.0. The summed E-state index contributed by atoms with van der Waals surface area (Å²) in [6.45, 7) is 0.143. The Balaban J connectivity index is 2.81. The zero-order valence-electron chi connectivity index (χ0n) is 9.18. The van der Waals surface area contributed by atoms with Gasteiger partial charge < -0.3 is 5.11 Å². The average molecular weight is 274 g/mol. The third kappa shape index (κ3) is 4.44. The van der Waals surface area contributed by atoms with Gasteiger partial charge in [-0.05, 0) is 36.1 Å². The van der Waals surface area contributed by atoms with Crippen molar-refractivity contribution < 1.29 is 5.11 Å². The van der Waals surface area contributed by atoms with Crippen LogP contribution in [0.25, 0.3) is 10.4 Å². The summed E-state index contributed by atoms with van der Waals surface area (Å²) in [5, 5.41) is 13.4. The molecule has 1 N–H and O–H groups in total. The predicted octanol–water partition coefficient (Wildman–Crippen LogP) is 4.51. The van der Waals surface area contributed by atoms with Crippen molar-refractivity contribution in [3.8, 4) is 0 Å². The van der Waals surface area contributed by atoms with Gasteiger partial charge in [0, 0.05) is 11.5 Å². The molecule has 0 aromatic heterocycles. The predicted molar refractivity (Wildman–Crippen MR) is 69.3 cm³/mol. The summed E-state index contributed by atoms with van der Waals surface area (Å²) < 4.78 is 0. The number of unbranched alkanes of at least 4 members (excludes halogenated alkanes) is 1. The van der Waals surface area contributed by atoms with Gasteiger partial charge in [0.05, 0.1) is 16.1 Å². The van der Waals surface area contributed by atoms with E-state index in [1.165, 1.54) is 0 Å². The van der Waals surface area contributed by atoms with Crippen molar-refractivity contribution in [1.29, 1.82) is 0 Å². The number of aliphatic hydroxyl groups excluding tert-OH is 1. The van der Waals surface area contributed by atoms with Crippen LogP contribution in [0.5, 0.6) is 0 Å². The Morgan fingerprint density at radius 1 is 1.29 bits per heavy atom. The molecule has 92 valence electrons. The molecule has 0 aliphatic heterocycles. The standard InChI is InChI=1S/C11H13Cl2N3O/c12-9-5-4-8(7-10(9)13)11(15-16-14)3-1-2-6-17/h4-5,7,11,17H,1-3,6H2. The van der Waals surface area contributed by atoms with Crippen LogP contribution in [0, 0.1) is 0 Å². The summed E-state index contributed by atoms with van der Waals surface area (Å²) in [5.74, 6) is 0. The van der Waals surface area contributed by atoms with E-state index in [9.17, 15) is 0 Å². The number of nitrogens with zero attached hydrogens (tertiary/aromatic N) is 3. The van der Waals surface area contributed by atoms with E-state index in [0.29, 0.717) is 22.9 Å². The molecule has 1 atom stereocenters. The number of rotatable bonds is 6. The SMILES string of the molecule is [N-]=[N+]=NC(CCCCO)c1ccc(Cl)c(Cl)c1.